The number of thiophene rings is 1. The standard InChI is InChI=1S/C19H25N3O3S/c1-13(2)11-20-18(23)16-10-15(25-21-16)12-22(14-6-3-4-7-14)19(24)17-8-5-9-26-17/h5,8-10,13-14H,3-4,6-7,11-12H2,1-2H3,(H,20,23). The molecule has 26 heavy (non-hydrogen) atoms. The van der Waals surface area contributed by atoms with E-state index in [-0.39, 0.29) is 23.6 Å². The van der Waals surface area contributed by atoms with Gasteiger partial charge in [-0.15, -0.1) is 11.3 Å². The maximum Gasteiger partial charge on any atom is 0.273 e. The second kappa shape index (κ2) is 8.49. The summed E-state index contributed by atoms with van der Waals surface area (Å²) in [5.74, 6) is 0.683. The highest BCUT2D eigenvalue weighted by Gasteiger charge is 2.29. The van der Waals surface area contributed by atoms with Crippen LogP contribution in [0.15, 0.2) is 28.1 Å². The molecule has 0 aromatic carbocycles. The quantitative estimate of drug-likeness (QED) is 0.800. The summed E-state index contributed by atoms with van der Waals surface area (Å²) in [5.41, 5.74) is 0.260. The average Bonchev–Trinajstić information content (AvgIpc) is 3.38. The predicted molar refractivity (Wildman–Crippen MR) is 100 cm³/mol. The van der Waals surface area contributed by atoms with E-state index < -0.39 is 0 Å². The third-order valence-electron chi connectivity index (χ3n) is 4.55. The number of carbonyl (C=O) groups is 2. The smallest absolute Gasteiger partial charge is 0.273 e. The van der Waals surface area contributed by atoms with Crippen LogP contribution in [0.2, 0.25) is 0 Å². The Morgan fingerprint density at radius 2 is 2.15 bits per heavy atom. The van der Waals surface area contributed by atoms with Crippen LogP contribution in [-0.4, -0.2) is 34.5 Å². The largest absolute Gasteiger partial charge is 0.359 e. The fourth-order valence-corrected chi connectivity index (χ4v) is 3.85. The molecule has 140 valence electrons. The molecule has 1 aliphatic rings. The fraction of sp³-hybridized carbons (Fsp3) is 0.526. The van der Waals surface area contributed by atoms with Crippen LogP contribution in [0.3, 0.4) is 0 Å². The summed E-state index contributed by atoms with van der Waals surface area (Å²) in [4.78, 5) is 27.6. The van der Waals surface area contributed by atoms with Crippen molar-refractivity contribution in [3.63, 3.8) is 0 Å². The lowest BCUT2D eigenvalue weighted by molar-refractivity contribution is 0.0648. The Kier molecular flexibility index (Phi) is 6.08. The van der Waals surface area contributed by atoms with Crippen LogP contribution in [0.4, 0.5) is 0 Å². The Hall–Kier alpha value is -2.15. The predicted octanol–water partition coefficient (Wildman–Crippen LogP) is 3.71. The van der Waals surface area contributed by atoms with Crippen LogP contribution in [0, 0.1) is 5.92 Å². The number of nitrogens with one attached hydrogen (secondary N) is 1. The van der Waals surface area contributed by atoms with Gasteiger partial charge in [-0.05, 0) is 30.2 Å². The highest BCUT2D eigenvalue weighted by molar-refractivity contribution is 7.12. The molecule has 1 N–H and O–H groups in total. The van der Waals surface area contributed by atoms with Gasteiger partial charge in [0.1, 0.15) is 0 Å². The van der Waals surface area contributed by atoms with E-state index in [1.807, 2.05) is 36.3 Å². The molecule has 0 radical (unpaired) electrons. The minimum atomic E-state index is -0.245. The van der Waals surface area contributed by atoms with E-state index in [9.17, 15) is 9.59 Å². The molecule has 0 unspecified atom stereocenters. The van der Waals surface area contributed by atoms with E-state index >= 15 is 0 Å². The molecular formula is C19H25N3O3S. The molecule has 0 bridgehead atoms. The molecule has 1 saturated carbocycles. The van der Waals surface area contributed by atoms with Crippen LogP contribution in [0.1, 0.15) is 65.5 Å². The highest BCUT2D eigenvalue weighted by atomic mass is 32.1. The van der Waals surface area contributed by atoms with E-state index in [2.05, 4.69) is 10.5 Å². The molecule has 1 fully saturated rings. The number of aromatic nitrogens is 1. The maximum atomic E-state index is 12.9. The monoisotopic (exact) mass is 375 g/mol. The van der Waals surface area contributed by atoms with Gasteiger partial charge in [0.25, 0.3) is 11.8 Å². The Balaban J connectivity index is 1.71. The van der Waals surface area contributed by atoms with E-state index in [1.165, 1.54) is 11.3 Å². The van der Waals surface area contributed by atoms with Gasteiger partial charge < -0.3 is 14.7 Å². The first-order valence-electron chi connectivity index (χ1n) is 9.13. The zero-order chi connectivity index (χ0) is 18.5. The van der Waals surface area contributed by atoms with Gasteiger partial charge in [0.05, 0.1) is 11.4 Å². The van der Waals surface area contributed by atoms with Gasteiger partial charge in [0.2, 0.25) is 0 Å². The lowest BCUT2D eigenvalue weighted by Crippen LogP contribution is -2.37. The highest BCUT2D eigenvalue weighted by Crippen LogP contribution is 2.27. The van der Waals surface area contributed by atoms with Crippen molar-refractivity contribution in [2.45, 2.75) is 52.1 Å². The van der Waals surface area contributed by atoms with E-state index in [0.29, 0.717) is 24.8 Å². The van der Waals surface area contributed by atoms with Gasteiger partial charge in [-0.3, -0.25) is 9.59 Å². The number of amides is 2. The molecule has 2 heterocycles. The summed E-state index contributed by atoms with van der Waals surface area (Å²) in [5, 5.41) is 8.61. The number of rotatable bonds is 7. The maximum absolute atomic E-state index is 12.9. The first kappa shape index (κ1) is 18.6. The summed E-state index contributed by atoms with van der Waals surface area (Å²) in [6, 6.07) is 5.59. The van der Waals surface area contributed by atoms with Crippen molar-refractivity contribution in [1.29, 1.82) is 0 Å². The molecular weight excluding hydrogens is 350 g/mol. The SMILES string of the molecule is CC(C)CNC(=O)c1cc(CN(C(=O)c2cccs2)C2CCCC2)on1. The molecule has 0 atom stereocenters. The Labute approximate surface area is 157 Å². The lowest BCUT2D eigenvalue weighted by atomic mass is 10.2. The molecule has 0 spiro atoms. The molecule has 2 amide bonds. The molecule has 7 heteroatoms. The van der Waals surface area contributed by atoms with Crippen LogP contribution >= 0.6 is 11.3 Å². The number of hydrogen-bond donors (Lipinski definition) is 1. The first-order valence-corrected chi connectivity index (χ1v) is 10.0. The van der Waals surface area contributed by atoms with Gasteiger partial charge in [-0.2, -0.15) is 0 Å². The van der Waals surface area contributed by atoms with Crippen molar-refractivity contribution in [2.24, 2.45) is 5.92 Å². The summed E-state index contributed by atoms with van der Waals surface area (Å²) >= 11 is 1.45. The number of carbonyl (C=O) groups excluding carboxylic acids is 2. The van der Waals surface area contributed by atoms with Crippen LogP contribution in [0.25, 0.3) is 0 Å². The third-order valence-corrected chi connectivity index (χ3v) is 5.40. The van der Waals surface area contributed by atoms with Crippen LogP contribution in [-0.2, 0) is 6.54 Å². The normalized spacial score (nSPS) is 14.7. The zero-order valence-electron chi connectivity index (χ0n) is 15.2. The topological polar surface area (TPSA) is 75.4 Å². The van der Waals surface area contributed by atoms with E-state index in [1.54, 1.807) is 6.07 Å². The van der Waals surface area contributed by atoms with Gasteiger partial charge in [0, 0.05) is 18.7 Å². The Morgan fingerprint density at radius 3 is 2.81 bits per heavy atom. The second-order valence-corrected chi connectivity index (χ2v) is 8.08. The van der Waals surface area contributed by atoms with Crippen molar-refractivity contribution in [3.8, 4) is 0 Å². The van der Waals surface area contributed by atoms with Crippen molar-refractivity contribution < 1.29 is 14.1 Å². The van der Waals surface area contributed by atoms with Gasteiger partial charge in [0.15, 0.2) is 11.5 Å². The summed E-state index contributed by atoms with van der Waals surface area (Å²) in [6.45, 7) is 4.99. The second-order valence-electron chi connectivity index (χ2n) is 7.13. The molecule has 0 aliphatic heterocycles. The minimum Gasteiger partial charge on any atom is -0.359 e. The van der Waals surface area contributed by atoms with Gasteiger partial charge in [-0.25, -0.2) is 0 Å². The zero-order valence-corrected chi connectivity index (χ0v) is 16.1. The summed E-state index contributed by atoms with van der Waals surface area (Å²) in [6.07, 6.45) is 4.29. The van der Waals surface area contributed by atoms with Crippen LogP contribution in [0.5, 0.6) is 0 Å². The third kappa shape index (κ3) is 4.52. The fourth-order valence-electron chi connectivity index (χ4n) is 3.17. The van der Waals surface area contributed by atoms with Crippen molar-refractivity contribution in [3.05, 3.63) is 39.9 Å². The molecule has 0 saturated heterocycles. The van der Waals surface area contributed by atoms with Crippen molar-refractivity contribution in [1.82, 2.24) is 15.4 Å². The van der Waals surface area contributed by atoms with E-state index in [4.69, 9.17) is 4.52 Å². The van der Waals surface area contributed by atoms with Gasteiger partial charge in [-0.1, -0.05) is 37.9 Å². The average molecular weight is 375 g/mol. The minimum absolute atomic E-state index is 0.0223. The molecule has 6 nitrogen and oxygen atoms in total. The van der Waals surface area contributed by atoms with E-state index in [0.717, 1.165) is 30.6 Å². The summed E-state index contributed by atoms with van der Waals surface area (Å²) < 4.78 is 5.35. The number of nitrogens with zero attached hydrogens (tertiary/aromatic N) is 2. The Morgan fingerprint density at radius 1 is 1.38 bits per heavy atom. The lowest BCUT2D eigenvalue weighted by Gasteiger charge is -2.27. The summed E-state index contributed by atoms with van der Waals surface area (Å²) in [7, 11) is 0. The van der Waals surface area contributed by atoms with Gasteiger partial charge >= 0.3 is 0 Å². The molecule has 1 aliphatic carbocycles. The van der Waals surface area contributed by atoms with Crippen molar-refractivity contribution in [2.75, 3.05) is 6.54 Å². The Bertz CT molecular complexity index is 733. The molecule has 2 aromatic rings. The molecule has 2 aromatic heterocycles. The van der Waals surface area contributed by atoms with Crippen LogP contribution < -0.4 is 5.32 Å². The van der Waals surface area contributed by atoms with Crippen molar-refractivity contribution >= 4 is 23.2 Å². The first-order chi connectivity index (χ1) is 12.5. The number of hydrogen-bond acceptors (Lipinski definition) is 5. The molecule has 3 rings (SSSR count).